The van der Waals surface area contributed by atoms with Gasteiger partial charge < -0.3 is 4.98 Å². The quantitative estimate of drug-likeness (QED) is 0.857. The van der Waals surface area contributed by atoms with E-state index in [9.17, 15) is 9.59 Å². The van der Waals surface area contributed by atoms with Crippen molar-refractivity contribution in [2.75, 3.05) is 13.6 Å². The average Bonchev–Trinajstić information content (AvgIpc) is 2.46. The van der Waals surface area contributed by atoms with Crippen LogP contribution in [-0.2, 0) is 6.54 Å². The van der Waals surface area contributed by atoms with Crippen LogP contribution in [0.15, 0.2) is 34.2 Å². The lowest BCUT2D eigenvalue weighted by molar-refractivity contribution is 0.244. The molecule has 7 nitrogen and oxygen atoms in total. The van der Waals surface area contributed by atoms with Crippen molar-refractivity contribution in [1.29, 1.82) is 0 Å². The van der Waals surface area contributed by atoms with E-state index >= 15 is 0 Å². The largest absolute Gasteiger partial charge is 0.328 e. The van der Waals surface area contributed by atoms with Gasteiger partial charge in [-0.3, -0.25) is 14.3 Å². The van der Waals surface area contributed by atoms with Crippen molar-refractivity contribution < 1.29 is 0 Å². The normalized spacial score (nSPS) is 12.6. The number of hydrogen-bond acceptors (Lipinski definition) is 5. The van der Waals surface area contributed by atoms with Crippen molar-refractivity contribution in [3.63, 3.8) is 0 Å². The van der Waals surface area contributed by atoms with Crippen LogP contribution in [0, 0.1) is 6.92 Å². The predicted molar refractivity (Wildman–Crippen MR) is 79.1 cm³/mol. The molecule has 0 unspecified atom stereocenters. The standard InChI is InChI=1S/C14H19N5O2/c1-10-8-13(20)19(14(21)17-10)7-6-18(3)11(2)12-4-5-15-9-16-12/h4-5,8-9,11H,6-7H2,1-3H3,(H,17,21)/t11-/m1/s1. The third-order valence-corrected chi connectivity index (χ3v) is 3.53. The van der Waals surface area contributed by atoms with E-state index in [2.05, 4.69) is 15.0 Å². The smallest absolute Gasteiger partial charge is 0.311 e. The van der Waals surface area contributed by atoms with Crippen LogP contribution in [0.3, 0.4) is 0 Å². The van der Waals surface area contributed by atoms with Gasteiger partial charge in [0.2, 0.25) is 0 Å². The van der Waals surface area contributed by atoms with Gasteiger partial charge in [-0.2, -0.15) is 0 Å². The number of nitrogens with zero attached hydrogens (tertiary/aromatic N) is 4. The number of aromatic nitrogens is 4. The summed E-state index contributed by atoms with van der Waals surface area (Å²) in [5, 5.41) is 0. The molecule has 1 atom stereocenters. The highest BCUT2D eigenvalue weighted by Gasteiger charge is 2.13. The number of H-pyrrole nitrogens is 1. The predicted octanol–water partition coefficient (Wildman–Crippen LogP) is 0.328. The second kappa shape index (κ2) is 6.45. The highest BCUT2D eigenvalue weighted by molar-refractivity contribution is 5.03. The van der Waals surface area contributed by atoms with Crippen LogP contribution in [0.1, 0.15) is 24.4 Å². The van der Waals surface area contributed by atoms with Gasteiger partial charge in [0.15, 0.2) is 0 Å². The second-order valence-corrected chi connectivity index (χ2v) is 5.04. The molecule has 0 aromatic carbocycles. The van der Waals surface area contributed by atoms with Crippen molar-refractivity contribution in [1.82, 2.24) is 24.4 Å². The van der Waals surface area contributed by atoms with Crippen molar-refractivity contribution >= 4 is 0 Å². The fourth-order valence-corrected chi connectivity index (χ4v) is 2.07. The first-order chi connectivity index (χ1) is 9.99. The first-order valence-electron chi connectivity index (χ1n) is 6.76. The molecule has 0 radical (unpaired) electrons. The first kappa shape index (κ1) is 15.1. The number of likely N-dealkylation sites (N-methyl/N-ethyl adjacent to an activating group) is 1. The van der Waals surface area contributed by atoms with Crippen LogP contribution in [0.2, 0.25) is 0 Å². The van der Waals surface area contributed by atoms with Gasteiger partial charge >= 0.3 is 5.69 Å². The third kappa shape index (κ3) is 3.63. The topological polar surface area (TPSA) is 83.9 Å². The van der Waals surface area contributed by atoms with Crippen LogP contribution >= 0.6 is 0 Å². The van der Waals surface area contributed by atoms with E-state index in [4.69, 9.17) is 0 Å². The number of aryl methyl sites for hydroxylation is 1. The molecule has 112 valence electrons. The molecule has 0 saturated carbocycles. The summed E-state index contributed by atoms with van der Waals surface area (Å²) >= 11 is 0. The first-order valence-corrected chi connectivity index (χ1v) is 6.76. The molecule has 0 amide bonds. The maximum Gasteiger partial charge on any atom is 0.328 e. The third-order valence-electron chi connectivity index (χ3n) is 3.53. The Labute approximate surface area is 122 Å². The second-order valence-electron chi connectivity index (χ2n) is 5.04. The highest BCUT2D eigenvalue weighted by atomic mass is 16.2. The molecule has 0 aliphatic rings. The van der Waals surface area contributed by atoms with E-state index in [-0.39, 0.29) is 17.3 Å². The lowest BCUT2D eigenvalue weighted by Gasteiger charge is -2.24. The fourth-order valence-electron chi connectivity index (χ4n) is 2.07. The summed E-state index contributed by atoms with van der Waals surface area (Å²) in [6.07, 6.45) is 3.21. The van der Waals surface area contributed by atoms with Crippen LogP contribution in [0.25, 0.3) is 0 Å². The van der Waals surface area contributed by atoms with Crippen LogP contribution in [-0.4, -0.2) is 38.0 Å². The van der Waals surface area contributed by atoms with Crippen LogP contribution in [0.4, 0.5) is 0 Å². The summed E-state index contributed by atoms with van der Waals surface area (Å²) in [5.41, 5.74) is 0.823. The van der Waals surface area contributed by atoms with Crippen molar-refractivity contribution in [3.8, 4) is 0 Å². The fraction of sp³-hybridized carbons (Fsp3) is 0.429. The Balaban J connectivity index is 2.07. The Hall–Kier alpha value is -2.28. The summed E-state index contributed by atoms with van der Waals surface area (Å²) in [7, 11) is 1.93. The van der Waals surface area contributed by atoms with Gasteiger partial charge in [0.05, 0.1) is 5.69 Å². The van der Waals surface area contributed by atoms with Gasteiger partial charge in [0.1, 0.15) is 6.33 Å². The van der Waals surface area contributed by atoms with Crippen LogP contribution in [0.5, 0.6) is 0 Å². The molecule has 2 aromatic heterocycles. The minimum Gasteiger partial charge on any atom is -0.311 e. The van der Waals surface area contributed by atoms with Gasteiger partial charge in [-0.05, 0) is 27.0 Å². The van der Waals surface area contributed by atoms with Gasteiger partial charge in [-0.25, -0.2) is 14.8 Å². The zero-order chi connectivity index (χ0) is 15.4. The molecule has 0 aliphatic carbocycles. The van der Waals surface area contributed by atoms with Gasteiger partial charge in [-0.15, -0.1) is 0 Å². The number of hydrogen-bond donors (Lipinski definition) is 1. The molecule has 21 heavy (non-hydrogen) atoms. The van der Waals surface area contributed by atoms with Crippen molar-refractivity contribution in [2.45, 2.75) is 26.4 Å². The maximum atomic E-state index is 11.8. The van der Waals surface area contributed by atoms with E-state index in [0.29, 0.717) is 18.8 Å². The van der Waals surface area contributed by atoms with E-state index in [1.54, 1.807) is 13.1 Å². The number of rotatable bonds is 5. The summed E-state index contributed by atoms with van der Waals surface area (Å²) in [6.45, 7) is 4.61. The SMILES string of the molecule is Cc1cc(=O)n(CCN(C)[C@H](C)c2ccncn2)c(=O)[nH]1. The Morgan fingerprint density at radius 2 is 2.19 bits per heavy atom. The zero-order valence-corrected chi connectivity index (χ0v) is 12.4. The monoisotopic (exact) mass is 289 g/mol. The summed E-state index contributed by atoms with van der Waals surface area (Å²) in [6, 6.07) is 3.36. The summed E-state index contributed by atoms with van der Waals surface area (Å²) in [5.74, 6) is 0. The molecule has 0 fully saturated rings. The molecule has 0 spiro atoms. The molecular weight excluding hydrogens is 270 g/mol. The van der Waals surface area contributed by atoms with E-state index < -0.39 is 0 Å². The molecule has 2 heterocycles. The summed E-state index contributed by atoms with van der Waals surface area (Å²) < 4.78 is 1.20. The Morgan fingerprint density at radius 1 is 1.43 bits per heavy atom. The molecule has 1 N–H and O–H groups in total. The minimum absolute atomic E-state index is 0.0771. The Morgan fingerprint density at radius 3 is 2.81 bits per heavy atom. The Bertz CT molecular complexity index is 676. The maximum absolute atomic E-state index is 11.8. The molecular formula is C14H19N5O2. The number of nitrogens with one attached hydrogen (secondary N) is 1. The zero-order valence-electron chi connectivity index (χ0n) is 12.4. The van der Waals surface area contributed by atoms with Crippen molar-refractivity contribution in [2.24, 2.45) is 0 Å². The van der Waals surface area contributed by atoms with Gasteiger partial charge in [0, 0.05) is 37.1 Å². The molecule has 0 saturated heterocycles. The van der Waals surface area contributed by atoms with E-state index in [0.717, 1.165) is 5.69 Å². The molecule has 2 aromatic rings. The van der Waals surface area contributed by atoms with E-state index in [1.807, 2.05) is 24.9 Å². The molecule has 0 bridgehead atoms. The van der Waals surface area contributed by atoms with E-state index in [1.165, 1.54) is 17.0 Å². The van der Waals surface area contributed by atoms with Crippen molar-refractivity contribution in [3.05, 3.63) is 56.9 Å². The lowest BCUT2D eigenvalue weighted by Crippen LogP contribution is -2.38. The van der Waals surface area contributed by atoms with Crippen LogP contribution < -0.4 is 11.2 Å². The van der Waals surface area contributed by atoms with Gasteiger partial charge in [0.25, 0.3) is 5.56 Å². The number of aromatic amines is 1. The van der Waals surface area contributed by atoms with Gasteiger partial charge in [-0.1, -0.05) is 0 Å². The molecule has 7 heteroatoms. The average molecular weight is 289 g/mol. The Kier molecular flexibility index (Phi) is 4.64. The molecule has 0 aliphatic heterocycles. The highest BCUT2D eigenvalue weighted by Crippen LogP contribution is 2.14. The minimum atomic E-state index is -0.372. The molecule has 2 rings (SSSR count). The summed E-state index contributed by atoms with van der Waals surface area (Å²) in [4.78, 5) is 36.4. The lowest BCUT2D eigenvalue weighted by atomic mass is 10.2.